The topological polar surface area (TPSA) is 137 Å². The molecular formula is C27H24Cl2N4O7. The zero-order chi connectivity index (χ0) is 28.6. The van der Waals surface area contributed by atoms with E-state index < -0.39 is 17.7 Å². The van der Waals surface area contributed by atoms with E-state index in [1.54, 1.807) is 36.4 Å². The molecule has 4 rings (SSSR count). The molecule has 13 heteroatoms. The van der Waals surface area contributed by atoms with E-state index in [0.717, 1.165) is 11.1 Å². The molecule has 0 bridgehead atoms. The molecule has 11 nitrogen and oxygen atoms in total. The molecule has 0 atom stereocenters. The number of rotatable bonds is 9. The number of ether oxygens (including phenoxy) is 4. The van der Waals surface area contributed by atoms with Gasteiger partial charge in [-0.3, -0.25) is 14.4 Å². The van der Waals surface area contributed by atoms with E-state index in [9.17, 15) is 14.4 Å². The number of halogens is 2. The van der Waals surface area contributed by atoms with Crippen LogP contribution < -0.4 is 35.0 Å². The zero-order valence-electron chi connectivity index (χ0n) is 21.4. The van der Waals surface area contributed by atoms with Crippen LogP contribution >= 0.6 is 23.2 Å². The Morgan fingerprint density at radius 1 is 1.02 bits per heavy atom. The summed E-state index contributed by atoms with van der Waals surface area (Å²) in [6, 6.07) is 13.4. The zero-order valence-corrected chi connectivity index (χ0v) is 22.9. The van der Waals surface area contributed by atoms with Gasteiger partial charge in [0.1, 0.15) is 0 Å². The minimum atomic E-state index is -0.962. The first-order chi connectivity index (χ1) is 19.2. The Kier molecular flexibility index (Phi) is 9.31. The lowest BCUT2D eigenvalue weighted by molar-refractivity contribution is -0.139. The molecule has 0 aromatic heterocycles. The van der Waals surface area contributed by atoms with E-state index in [2.05, 4.69) is 21.2 Å². The highest BCUT2D eigenvalue weighted by Gasteiger charge is 2.17. The van der Waals surface area contributed by atoms with Crippen molar-refractivity contribution in [2.24, 2.45) is 5.10 Å². The summed E-state index contributed by atoms with van der Waals surface area (Å²) in [4.78, 5) is 36.6. The molecule has 0 saturated carbocycles. The number of anilines is 1. The van der Waals surface area contributed by atoms with Crippen LogP contribution in [0.15, 0.2) is 53.6 Å². The average Bonchev–Trinajstić information content (AvgIpc) is 3.40. The number of carbonyl (C=O) groups excluding carboxylic acids is 3. The van der Waals surface area contributed by atoms with Crippen molar-refractivity contribution in [3.63, 3.8) is 0 Å². The van der Waals surface area contributed by atoms with Crippen LogP contribution in [0, 0.1) is 6.92 Å². The number of hydrogen-bond donors (Lipinski definition) is 3. The number of hydrazone groups is 1. The molecule has 0 radical (unpaired) electrons. The molecular weight excluding hydrogens is 563 g/mol. The second kappa shape index (κ2) is 13.0. The van der Waals surface area contributed by atoms with Crippen molar-refractivity contribution in [2.75, 3.05) is 25.8 Å². The number of aryl methyl sites for hydroxylation is 1. The van der Waals surface area contributed by atoms with Gasteiger partial charge >= 0.3 is 11.8 Å². The Bertz CT molecular complexity index is 1480. The largest absolute Gasteiger partial charge is 0.493 e. The first-order valence-corrected chi connectivity index (χ1v) is 12.5. The van der Waals surface area contributed by atoms with Gasteiger partial charge in [0.05, 0.1) is 18.3 Å². The van der Waals surface area contributed by atoms with Crippen LogP contribution in [0.3, 0.4) is 0 Å². The van der Waals surface area contributed by atoms with Crippen LogP contribution in [0.4, 0.5) is 5.69 Å². The molecule has 3 aromatic carbocycles. The van der Waals surface area contributed by atoms with Crippen LogP contribution in [0.1, 0.15) is 16.7 Å². The molecule has 40 heavy (non-hydrogen) atoms. The third-order valence-electron chi connectivity index (χ3n) is 5.55. The standard InChI is InChI=1S/C27H24Cl2N4O7/c1-15-3-5-18(28)10-20(15)32-24(34)13-38-25-19(29)7-17(9-23(25)37-2)12-31-33-27(36)26(35)30-11-16-4-6-21-22(8-16)40-14-39-21/h3-10,12H,11,13-14H2,1-2H3,(H,30,35)(H,32,34)(H,33,36)/b31-12-. The summed E-state index contributed by atoms with van der Waals surface area (Å²) >= 11 is 12.3. The van der Waals surface area contributed by atoms with Gasteiger partial charge in [-0.15, -0.1) is 0 Å². The number of methoxy groups -OCH3 is 1. The van der Waals surface area contributed by atoms with E-state index in [1.807, 2.05) is 6.92 Å². The molecule has 3 aromatic rings. The van der Waals surface area contributed by atoms with Crippen molar-refractivity contribution in [1.82, 2.24) is 10.7 Å². The number of fused-ring (bicyclic) bond motifs is 1. The highest BCUT2D eigenvalue weighted by Crippen LogP contribution is 2.36. The van der Waals surface area contributed by atoms with Crippen molar-refractivity contribution in [3.8, 4) is 23.0 Å². The molecule has 1 heterocycles. The first kappa shape index (κ1) is 28.5. The number of nitrogens with zero attached hydrogens (tertiary/aromatic N) is 1. The summed E-state index contributed by atoms with van der Waals surface area (Å²) in [5.74, 6) is -0.695. The van der Waals surface area contributed by atoms with Gasteiger partial charge in [-0.2, -0.15) is 5.10 Å². The van der Waals surface area contributed by atoms with Crippen LogP contribution in [-0.4, -0.2) is 44.4 Å². The van der Waals surface area contributed by atoms with Gasteiger partial charge in [0.25, 0.3) is 5.91 Å². The Hall–Kier alpha value is -4.48. The van der Waals surface area contributed by atoms with Crippen molar-refractivity contribution < 1.29 is 33.3 Å². The molecule has 0 saturated heterocycles. The van der Waals surface area contributed by atoms with Crippen molar-refractivity contribution in [1.29, 1.82) is 0 Å². The van der Waals surface area contributed by atoms with Gasteiger partial charge in [-0.25, -0.2) is 5.43 Å². The molecule has 1 aliphatic heterocycles. The van der Waals surface area contributed by atoms with Crippen molar-refractivity contribution >= 4 is 52.8 Å². The van der Waals surface area contributed by atoms with Crippen LogP contribution in [0.25, 0.3) is 0 Å². The van der Waals surface area contributed by atoms with E-state index in [4.69, 9.17) is 42.1 Å². The van der Waals surface area contributed by atoms with Gasteiger partial charge in [0.15, 0.2) is 29.6 Å². The lowest BCUT2D eigenvalue weighted by atomic mass is 10.2. The SMILES string of the molecule is COc1cc(/C=N\NC(=O)C(=O)NCc2ccc3c(c2)OCO3)cc(Cl)c1OCC(=O)Nc1cc(Cl)ccc1C. The van der Waals surface area contributed by atoms with E-state index in [-0.39, 0.29) is 36.5 Å². The summed E-state index contributed by atoms with van der Waals surface area (Å²) in [7, 11) is 1.40. The van der Waals surface area contributed by atoms with Gasteiger partial charge in [0, 0.05) is 17.3 Å². The highest BCUT2D eigenvalue weighted by molar-refractivity contribution is 6.35. The van der Waals surface area contributed by atoms with Crippen molar-refractivity contribution in [3.05, 3.63) is 75.3 Å². The molecule has 3 N–H and O–H groups in total. The van der Waals surface area contributed by atoms with Crippen LogP contribution in [0.2, 0.25) is 10.0 Å². The fourth-order valence-corrected chi connectivity index (χ4v) is 3.98. The third-order valence-corrected chi connectivity index (χ3v) is 6.06. The molecule has 0 aliphatic carbocycles. The second-order valence-corrected chi connectivity index (χ2v) is 9.24. The van der Waals surface area contributed by atoms with Gasteiger partial charge in [0.2, 0.25) is 6.79 Å². The molecule has 0 fully saturated rings. The number of hydrogen-bond acceptors (Lipinski definition) is 8. The minimum absolute atomic E-state index is 0.109. The maximum atomic E-state index is 12.4. The average molecular weight is 587 g/mol. The molecule has 3 amide bonds. The summed E-state index contributed by atoms with van der Waals surface area (Å²) in [6.07, 6.45) is 1.27. The fourth-order valence-electron chi connectivity index (χ4n) is 3.54. The fraction of sp³-hybridized carbons (Fsp3) is 0.185. The summed E-state index contributed by atoms with van der Waals surface area (Å²) < 4.78 is 21.5. The van der Waals surface area contributed by atoms with E-state index in [0.29, 0.717) is 27.8 Å². The minimum Gasteiger partial charge on any atom is -0.493 e. The predicted octanol–water partition coefficient (Wildman–Crippen LogP) is 3.82. The van der Waals surface area contributed by atoms with Gasteiger partial charge in [-0.1, -0.05) is 35.3 Å². The maximum absolute atomic E-state index is 12.4. The molecule has 0 unspecified atom stereocenters. The van der Waals surface area contributed by atoms with Crippen LogP contribution in [0.5, 0.6) is 23.0 Å². The molecule has 0 spiro atoms. The monoisotopic (exact) mass is 586 g/mol. The quantitative estimate of drug-likeness (QED) is 0.197. The van der Waals surface area contributed by atoms with Gasteiger partial charge < -0.3 is 29.6 Å². The Morgan fingerprint density at radius 3 is 2.62 bits per heavy atom. The summed E-state index contributed by atoms with van der Waals surface area (Å²) in [5.41, 5.74) is 4.72. The Balaban J connectivity index is 1.29. The summed E-state index contributed by atoms with van der Waals surface area (Å²) in [5, 5.41) is 9.65. The maximum Gasteiger partial charge on any atom is 0.329 e. The van der Waals surface area contributed by atoms with E-state index in [1.165, 1.54) is 25.5 Å². The number of carbonyl (C=O) groups is 3. The number of nitrogens with one attached hydrogen (secondary N) is 3. The molecule has 208 valence electrons. The highest BCUT2D eigenvalue weighted by atomic mass is 35.5. The third kappa shape index (κ3) is 7.33. The van der Waals surface area contributed by atoms with E-state index >= 15 is 0 Å². The molecule has 1 aliphatic rings. The van der Waals surface area contributed by atoms with Crippen LogP contribution in [-0.2, 0) is 20.9 Å². The van der Waals surface area contributed by atoms with Crippen molar-refractivity contribution in [2.45, 2.75) is 13.5 Å². The summed E-state index contributed by atoms with van der Waals surface area (Å²) in [6.45, 7) is 1.74. The number of benzene rings is 3. The predicted molar refractivity (Wildman–Crippen MR) is 148 cm³/mol. The van der Waals surface area contributed by atoms with Gasteiger partial charge in [-0.05, 0) is 60.0 Å². The lowest BCUT2D eigenvalue weighted by Crippen LogP contribution is -2.37. The smallest absolute Gasteiger partial charge is 0.329 e. The lowest BCUT2D eigenvalue weighted by Gasteiger charge is -2.14. The Labute approximate surface area is 239 Å². The Morgan fingerprint density at radius 2 is 1.82 bits per heavy atom. The first-order valence-electron chi connectivity index (χ1n) is 11.8. The second-order valence-electron chi connectivity index (χ2n) is 8.40. The normalized spacial score (nSPS) is 11.7. The number of amides is 3.